The molecule has 0 aromatic carbocycles. The Labute approximate surface area is 149 Å². The Kier molecular flexibility index (Phi) is 18.4. The second-order valence-corrected chi connectivity index (χ2v) is 5.36. The van der Waals surface area contributed by atoms with Crippen LogP contribution in [0.2, 0.25) is 0 Å². The van der Waals surface area contributed by atoms with Crippen LogP contribution in [0.4, 0.5) is 0 Å². The lowest BCUT2D eigenvalue weighted by atomic mass is 10.3. The molecule has 0 heterocycles. The molecule has 0 aromatic rings. The van der Waals surface area contributed by atoms with Gasteiger partial charge in [-0.15, -0.1) is 0 Å². The minimum atomic E-state index is -0.0761. The fraction of sp³-hybridized carbons (Fsp3) is 0.875. The van der Waals surface area contributed by atoms with Crippen molar-refractivity contribution in [2.24, 2.45) is 5.73 Å². The monoisotopic (exact) mass is 363 g/mol. The van der Waals surface area contributed by atoms with Crippen LogP contribution < -0.4 is 16.4 Å². The molecule has 0 spiro atoms. The minimum absolute atomic E-state index is 0.0308. The van der Waals surface area contributed by atoms with Crippen molar-refractivity contribution >= 4 is 12.2 Å². The summed E-state index contributed by atoms with van der Waals surface area (Å²) in [7, 11) is 0. The molecule has 0 rings (SSSR count). The number of hydrogen-bond acceptors (Lipinski definition) is 8. The third-order valence-corrected chi connectivity index (χ3v) is 2.82. The molecule has 0 fully saturated rings. The number of hydrogen-bond donors (Lipinski definition) is 3. The van der Waals surface area contributed by atoms with Gasteiger partial charge in [0.1, 0.15) is 6.29 Å². The first-order valence-corrected chi connectivity index (χ1v) is 8.64. The fourth-order valence-corrected chi connectivity index (χ4v) is 1.63. The zero-order valence-corrected chi connectivity index (χ0v) is 15.2. The molecule has 0 aromatic heterocycles. The van der Waals surface area contributed by atoms with Crippen LogP contribution in [0.15, 0.2) is 0 Å². The van der Waals surface area contributed by atoms with Crippen LogP contribution in [0.3, 0.4) is 0 Å². The number of aldehydes is 1. The number of amides is 1. The first-order valence-electron chi connectivity index (χ1n) is 8.64. The van der Waals surface area contributed by atoms with Gasteiger partial charge >= 0.3 is 0 Å². The summed E-state index contributed by atoms with van der Waals surface area (Å²) in [4.78, 5) is 21.5. The SMILES string of the molecule is CC(N)CNCC(=O)NCCOCCOCCOCCOCCC=O. The van der Waals surface area contributed by atoms with Gasteiger partial charge in [-0.1, -0.05) is 0 Å². The van der Waals surface area contributed by atoms with Crippen molar-refractivity contribution in [3.63, 3.8) is 0 Å². The third-order valence-electron chi connectivity index (χ3n) is 2.82. The van der Waals surface area contributed by atoms with E-state index in [1.165, 1.54) is 0 Å². The van der Waals surface area contributed by atoms with Gasteiger partial charge in [-0.2, -0.15) is 0 Å². The zero-order chi connectivity index (χ0) is 18.6. The quantitative estimate of drug-likeness (QED) is 0.191. The smallest absolute Gasteiger partial charge is 0.234 e. The Hall–Kier alpha value is -1.10. The summed E-state index contributed by atoms with van der Waals surface area (Å²) < 4.78 is 21.1. The second-order valence-electron chi connectivity index (χ2n) is 5.36. The van der Waals surface area contributed by atoms with Gasteiger partial charge in [-0.3, -0.25) is 4.79 Å². The van der Waals surface area contributed by atoms with Crippen LogP contribution in [0.1, 0.15) is 13.3 Å². The van der Waals surface area contributed by atoms with Crippen molar-refractivity contribution in [1.82, 2.24) is 10.6 Å². The highest BCUT2D eigenvalue weighted by Crippen LogP contribution is 1.83. The van der Waals surface area contributed by atoms with Crippen molar-refractivity contribution in [1.29, 1.82) is 0 Å². The van der Waals surface area contributed by atoms with Crippen molar-refractivity contribution in [2.75, 3.05) is 72.5 Å². The van der Waals surface area contributed by atoms with Crippen LogP contribution in [-0.4, -0.2) is 90.7 Å². The van der Waals surface area contributed by atoms with Crippen LogP contribution in [0, 0.1) is 0 Å². The largest absolute Gasteiger partial charge is 0.379 e. The molecule has 25 heavy (non-hydrogen) atoms. The molecule has 0 aliphatic rings. The molecule has 0 radical (unpaired) electrons. The van der Waals surface area contributed by atoms with E-state index in [-0.39, 0.29) is 18.5 Å². The van der Waals surface area contributed by atoms with Gasteiger partial charge in [0, 0.05) is 25.6 Å². The van der Waals surface area contributed by atoms with E-state index < -0.39 is 0 Å². The number of carbonyl (C=O) groups excluding carboxylic acids is 2. The van der Waals surface area contributed by atoms with Crippen molar-refractivity contribution in [3.05, 3.63) is 0 Å². The van der Waals surface area contributed by atoms with E-state index in [9.17, 15) is 9.59 Å². The van der Waals surface area contributed by atoms with Crippen LogP contribution in [0.5, 0.6) is 0 Å². The maximum absolute atomic E-state index is 11.4. The van der Waals surface area contributed by atoms with Gasteiger partial charge in [-0.05, 0) is 6.92 Å². The number of carbonyl (C=O) groups is 2. The van der Waals surface area contributed by atoms with Gasteiger partial charge in [0.15, 0.2) is 0 Å². The Morgan fingerprint density at radius 1 is 0.960 bits per heavy atom. The fourth-order valence-electron chi connectivity index (χ4n) is 1.63. The lowest BCUT2D eigenvalue weighted by Crippen LogP contribution is -2.39. The second kappa shape index (κ2) is 19.2. The van der Waals surface area contributed by atoms with Crippen molar-refractivity contribution < 1.29 is 28.5 Å². The summed E-state index contributed by atoms with van der Waals surface area (Å²) in [5.74, 6) is -0.0761. The maximum Gasteiger partial charge on any atom is 0.234 e. The Balaban J connectivity index is 3.11. The normalized spacial score (nSPS) is 12.1. The Morgan fingerprint density at radius 2 is 1.48 bits per heavy atom. The van der Waals surface area contributed by atoms with Gasteiger partial charge in [0.05, 0.1) is 59.4 Å². The van der Waals surface area contributed by atoms with E-state index in [0.29, 0.717) is 72.4 Å². The summed E-state index contributed by atoms with van der Waals surface area (Å²) in [6, 6.07) is 0.0308. The van der Waals surface area contributed by atoms with E-state index in [0.717, 1.165) is 6.29 Å². The highest BCUT2D eigenvalue weighted by Gasteiger charge is 2.00. The lowest BCUT2D eigenvalue weighted by molar-refractivity contribution is -0.120. The molecule has 148 valence electrons. The molecule has 4 N–H and O–H groups in total. The van der Waals surface area contributed by atoms with Crippen molar-refractivity contribution in [2.45, 2.75) is 19.4 Å². The molecule has 0 saturated heterocycles. The van der Waals surface area contributed by atoms with Crippen LogP contribution in [0.25, 0.3) is 0 Å². The molecule has 1 unspecified atom stereocenters. The number of ether oxygens (including phenoxy) is 4. The molecule has 9 heteroatoms. The predicted molar refractivity (Wildman–Crippen MR) is 93.5 cm³/mol. The molecule has 1 amide bonds. The first-order chi connectivity index (χ1) is 12.2. The Bertz CT molecular complexity index is 318. The van der Waals surface area contributed by atoms with E-state index >= 15 is 0 Å². The summed E-state index contributed by atoms with van der Waals surface area (Å²) in [5.41, 5.74) is 5.56. The molecule has 0 aliphatic heterocycles. The topological polar surface area (TPSA) is 121 Å². The molecular formula is C16H33N3O6. The standard InChI is InChI=1S/C16H33N3O6/c1-15(17)13-18-14-16(21)19-3-6-23-8-10-25-12-11-24-9-7-22-5-2-4-20/h4,15,18H,2-3,5-14,17H2,1H3,(H,19,21). The van der Waals surface area contributed by atoms with Crippen molar-refractivity contribution in [3.8, 4) is 0 Å². The Morgan fingerprint density at radius 3 is 2.00 bits per heavy atom. The van der Waals surface area contributed by atoms with Crippen LogP contribution >= 0.6 is 0 Å². The van der Waals surface area contributed by atoms with E-state index in [2.05, 4.69) is 10.6 Å². The van der Waals surface area contributed by atoms with Gasteiger partial charge in [0.25, 0.3) is 0 Å². The summed E-state index contributed by atoms with van der Waals surface area (Å²) in [6.45, 7) is 6.96. The van der Waals surface area contributed by atoms with Gasteiger partial charge in [-0.25, -0.2) is 0 Å². The molecule has 0 bridgehead atoms. The summed E-state index contributed by atoms with van der Waals surface area (Å²) in [6.07, 6.45) is 1.24. The molecule has 0 aliphatic carbocycles. The summed E-state index contributed by atoms with van der Waals surface area (Å²) >= 11 is 0. The minimum Gasteiger partial charge on any atom is -0.379 e. The number of nitrogens with two attached hydrogens (primary N) is 1. The highest BCUT2D eigenvalue weighted by atomic mass is 16.6. The summed E-state index contributed by atoms with van der Waals surface area (Å²) in [5, 5.41) is 5.70. The lowest BCUT2D eigenvalue weighted by Gasteiger charge is -2.09. The first kappa shape index (κ1) is 23.9. The zero-order valence-electron chi connectivity index (χ0n) is 15.2. The third kappa shape index (κ3) is 20.9. The van der Waals surface area contributed by atoms with E-state index in [1.54, 1.807) is 0 Å². The van der Waals surface area contributed by atoms with Gasteiger partial charge in [0.2, 0.25) is 5.91 Å². The molecular weight excluding hydrogens is 330 g/mol. The van der Waals surface area contributed by atoms with E-state index in [1.807, 2.05) is 6.92 Å². The van der Waals surface area contributed by atoms with Gasteiger partial charge < -0.3 is 40.1 Å². The maximum atomic E-state index is 11.4. The predicted octanol–water partition coefficient (Wildman–Crippen LogP) is -1.31. The average Bonchev–Trinajstić information content (AvgIpc) is 2.58. The van der Waals surface area contributed by atoms with Crippen LogP contribution in [-0.2, 0) is 28.5 Å². The average molecular weight is 363 g/mol. The number of nitrogens with one attached hydrogen (secondary N) is 2. The number of rotatable bonds is 19. The molecule has 1 atom stereocenters. The highest BCUT2D eigenvalue weighted by molar-refractivity contribution is 5.77. The molecule has 0 saturated carbocycles. The molecule has 9 nitrogen and oxygen atoms in total. The van der Waals surface area contributed by atoms with E-state index in [4.69, 9.17) is 24.7 Å².